The van der Waals surface area contributed by atoms with E-state index in [4.69, 9.17) is 14.7 Å². The third kappa shape index (κ3) is 4.59. The molecule has 5 heteroatoms. The van der Waals surface area contributed by atoms with E-state index in [0.717, 1.165) is 43.5 Å². The van der Waals surface area contributed by atoms with Crippen molar-refractivity contribution in [2.24, 2.45) is 0 Å². The minimum absolute atomic E-state index is 0.0423. The van der Waals surface area contributed by atoms with Crippen LogP contribution in [-0.2, 0) is 4.79 Å². The lowest BCUT2D eigenvalue weighted by Crippen LogP contribution is -2.38. The molecule has 0 unspecified atom stereocenters. The van der Waals surface area contributed by atoms with E-state index in [9.17, 15) is 4.79 Å². The summed E-state index contributed by atoms with van der Waals surface area (Å²) in [5.41, 5.74) is 1.55. The lowest BCUT2D eigenvalue weighted by atomic mass is 10.0. The van der Waals surface area contributed by atoms with Crippen LogP contribution >= 0.6 is 0 Å². The average Bonchev–Trinajstić information content (AvgIpc) is 2.98. The first-order valence-electron chi connectivity index (χ1n) is 9.28. The van der Waals surface area contributed by atoms with Gasteiger partial charge in [-0.05, 0) is 42.7 Å². The van der Waals surface area contributed by atoms with Gasteiger partial charge in [0.05, 0.1) is 18.7 Å². The predicted octanol–water partition coefficient (Wildman–Crippen LogP) is 4.09. The molecule has 27 heavy (non-hydrogen) atoms. The monoisotopic (exact) mass is 364 g/mol. The van der Waals surface area contributed by atoms with Gasteiger partial charge in [-0.25, -0.2) is 0 Å². The maximum absolute atomic E-state index is 12.9. The molecule has 5 nitrogen and oxygen atoms in total. The highest BCUT2D eigenvalue weighted by atomic mass is 16.5. The summed E-state index contributed by atoms with van der Waals surface area (Å²) in [4.78, 5) is 14.8. The van der Waals surface area contributed by atoms with Crippen molar-refractivity contribution in [3.8, 4) is 17.6 Å². The lowest BCUT2D eigenvalue weighted by Gasteiger charge is -2.30. The molecule has 0 N–H and O–H groups in total. The molecule has 1 heterocycles. The third-order valence-corrected chi connectivity index (χ3v) is 4.93. The normalized spacial score (nSPS) is 16.9. The van der Waals surface area contributed by atoms with Crippen LogP contribution in [-0.4, -0.2) is 31.1 Å². The van der Waals surface area contributed by atoms with Gasteiger partial charge in [-0.1, -0.05) is 37.1 Å². The Bertz CT molecular complexity index is 811. The molecular weight excluding hydrogens is 340 g/mol. The maximum Gasteiger partial charge on any atom is 0.261 e. The second kappa shape index (κ2) is 9.09. The van der Waals surface area contributed by atoms with Crippen LogP contribution in [0, 0.1) is 11.3 Å². The summed E-state index contributed by atoms with van der Waals surface area (Å²) in [6.45, 7) is 0.657. The minimum Gasteiger partial charge on any atom is -0.497 e. The second-order valence-electron chi connectivity index (χ2n) is 6.62. The molecule has 0 radical (unpaired) electrons. The molecule has 140 valence electrons. The minimum atomic E-state index is -0.0641. The SMILES string of the molecule is COc1ccc([C@@H]2CCCCCN2C(=O)COc2ccccc2C#N)cc1. The van der Waals surface area contributed by atoms with Gasteiger partial charge in [0, 0.05) is 6.54 Å². The van der Waals surface area contributed by atoms with Gasteiger partial charge in [-0.15, -0.1) is 0 Å². The molecule has 1 aliphatic heterocycles. The Labute approximate surface area is 160 Å². The number of carbonyl (C=O) groups is 1. The summed E-state index contributed by atoms with van der Waals surface area (Å²) >= 11 is 0. The molecule has 0 saturated carbocycles. The van der Waals surface area contributed by atoms with E-state index in [1.165, 1.54) is 0 Å². The lowest BCUT2D eigenvalue weighted by molar-refractivity contribution is -0.135. The number of rotatable bonds is 5. The molecule has 0 aliphatic carbocycles. The van der Waals surface area contributed by atoms with Crippen molar-refractivity contribution in [1.82, 2.24) is 4.90 Å². The molecule has 3 rings (SSSR count). The fourth-order valence-electron chi connectivity index (χ4n) is 3.49. The fraction of sp³-hybridized carbons (Fsp3) is 0.364. The highest BCUT2D eigenvalue weighted by molar-refractivity contribution is 5.78. The van der Waals surface area contributed by atoms with Gasteiger partial charge in [0.15, 0.2) is 6.61 Å². The third-order valence-electron chi connectivity index (χ3n) is 4.93. The zero-order valence-electron chi connectivity index (χ0n) is 15.6. The molecule has 1 aliphatic rings. The predicted molar refractivity (Wildman–Crippen MR) is 103 cm³/mol. The first-order chi connectivity index (χ1) is 13.2. The highest BCUT2D eigenvalue weighted by Gasteiger charge is 2.27. The number of hydrogen-bond donors (Lipinski definition) is 0. The largest absolute Gasteiger partial charge is 0.497 e. The van der Waals surface area contributed by atoms with Gasteiger partial charge >= 0.3 is 0 Å². The van der Waals surface area contributed by atoms with Gasteiger partial charge in [-0.2, -0.15) is 5.26 Å². The van der Waals surface area contributed by atoms with E-state index in [0.29, 0.717) is 11.3 Å². The first kappa shape index (κ1) is 18.8. The molecule has 0 spiro atoms. The van der Waals surface area contributed by atoms with Gasteiger partial charge in [0.2, 0.25) is 0 Å². The van der Waals surface area contributed by atoms with E-state index in [1.807, 2.05) is 29.2 Å². The topological polar surface area (TPSA) is 62.6 Å². The van der Waals surface area contributed by atoms with Crippen LogP contribution in [0.3, 0.4) is 0 Å². The van der Waals surface area contributed by atoms with E-state index in [1.54, 1.807) is 31.4 Å². The zero-order valence-corrected chi connectivity index (χ0v) is 15.6. The number of methoxy groups -OCH3 is 1. The Morgan fingerprint density at radius 2 is 1.93 bits per heavy atom. The summed E-state index contributed by atoms with van der Waals surface area (Å²) in [7, 11) is 1.65. The summed E-state index contributed by atoms with van der Waals surface area (Å²) in [6, 6.07) is 17.0. The molecule has 2 aromatic carbocycles. The smallest absolute Gasteiger partial charge is 0.261 e. The Balaban J connectivity index is 1.74. The Morgan fingerprint density at radius 3 is 2.67 bits per heavy atom. The molecular formula is C22H24N2O3. The summed E-state index contributed by atoms with van der Waals surface area (Å²) in [5.74, 6) is 1.20. The van der Waals surface area contributed by atoms with Gasteiger partial charge < -0.3 is 14.4 Å². The molecule has 2 aromatic rings. The van der Waals surface area contributed by atoms with E-state index in [-0.39, 0.29) is 18.6 Å². The molecule has 1 fully saturated rings. The molecule has 1 atom stereocenters. The molecule has 1 amide bonds. The number of ether oxygens (including phenoxy) is 2. The number of likely N-dealkylation sites (tertiary alicyclic amines) is 1. The van der Waals surface area contributed by atoms with Crippen molar-refractivity contribution in [2.45, 2.75) is 31.7 Å². The maximum atomic E-state index is 12.9. The van der Waals surface area contributed by atoms with Crippen LogP contribution in [0.25, 0.3) is 0 Å². The molecule has 0 aromatic heterocycles. The standard InChI is InChI=1S/C22H24N2O3/c1-26-19-12-10-17(11-13-19)20-8-3-2-6-14-24(20)22(25)16-27-21-9-5-4-7-18(21)15-23/h4-5,7,9-13,20H,2-3,6,8,14,16H2,1H3/t20-/m0/s1. The van der Waals surface area contributed by atoms with E-state index in [2.05, 4.69) is 6.07 Å². The Morgan fingerprint density at radius 1 is 1.15 bits per heavy atom. The summed E-state index contributed by atoms with van der Waals surface area (Å²) in [6.07, 6.45) is 4.15. The van der Waals surface area contributed by atoms with Crippen LogP contribution in [0.5, 0.6) is 11.5 Å². The number of hydrogen-bond acceptors (Lipinski definition) is 4. The van der Waals surface area contributed by atoms with Gasteiger partial charge in [-0.3, -0.25) is 4.79 Å². The van der Waals surface area contributed by atoms with Crippen molar-refractivity contribution >= 4 is 5.91 Å². The van der Waals surface area contributed by atoms with Crippen molar-refractivity contribution in [3.63, 3.8) is 0 Å². The van der Waals surface area contributed by atoms with Crippen molar-refractivity contribution in [1.29, 1.82) is 5.26 Å². The Kier molecular flexibility index (Phi) is 6.32. The quantitative estimate of drug-likeness (QED) is 0.802. The van der Waals surface area contributed by atoms with Crippen LogP contribution in [0.15, 0.2) is 48.5 Å². The Hall–Kier alpha value is -3.00. The number of nitrogens with zero attached hydrogens (tertiary/aromatic N) is 2. The fourth-order valence-corrected chi connectivity index (χ4v) is 3.49. The number of carbonyl (C=O) groups excluding carboxylic acids is 1. The molecule has 0 bridgehead atoms. The number of para-hydroxylation sites is 1. The summed E-state index contributed by atoms with van der Waals surface area (Å²) < 4.78 is 10.9. The second-order valence-corrected chi connectivity index (χ2v) is 6.62. The van der Waals surface area contributed by atoms with Crippen molar-refractivity contribution < 1.29 is 14.3 Å². The van der Waals surface area contributed by atoms with Crippen molar-refractivity contribution in [2.75, 3.05) is 20.3 Å². The van der Waals surface area contributed by atoms with Crippen LogP contribution in [0.2, 0.25) is 0 Å². The first-order valence-corrected chi connectivity index (χ1v) is 9.28. The van der Waals surface area contributed by atoms with Crippen LogP contribution < -0.4 is 9.47 Å². The number of nitriles is 1. The summed E-state index contributed by atoms with van der Waals surface area (Å²) in [5, 5.41) is 9.17. The van der Waals surface area contributed by atoms with Gasteiger partial charge in [0.1, 0.15) is 17.6 Å². The number of amides is 1. The number of benzene rings is 2. The average molecular weight is 364 g/mol. The van der Waals surface area contributed by atoms with Crippen molar-refractivity contribution in [3.05, 3.63) is 59.7 Å². The highest BCUT2D eigenvalue weighted by Crippen LogP contribution is 2.31. The van der Waals surface area contributed by atoms with E-state index < -0.39 is 0 Å². The van der Waals surface area contributed by atoms with Gasteiger partial charge in [0.25, 0.3) is 5.91 Å². The zero-order chi connectivity index (χ0) is 19.1. The van der Waals surface area contributed by atoms with E-state index >= 15 is 0 Å². The van der Waals surface area contributed by atoms with Crippen LogP contribution in [0.1, 0.15) is 42.9 Å². The van der Waals surface area contributed by atoms with Crippen LogP contribution in [0.4, 0.5) is 0 Å². The molecule has 1 saturated heterocycles.